The third-order valence-corrected chi connectivity index (χ3v) is 6.19. The molecule has 0 radical (unpaired) electrons. The largest absolute Gasteiger partial charge is 0.371 e. The smallest absolute Gasteiger partial charge is 0.225 e. The standard InChI is InChI=1S/C18H20Cl2N4O/c19-12-5-13(20)7-15(6-12)23-4-3-11(9-23)18(25)22-16-8-14-1-2-17(16)24(14)10-21/h5-7,11,14,16-17H,1-4,8-9H2,(H,22,25)/t11-,14+,16-,17-/m1/s1. The molecule has 0 aromatic heterocycles. The highest BCUT2D eigenvalue weighted by Crippen LogP contribution is 2.37. The maximum atomic E-state index is 12.7. The molecular formula is C18H20Cl2N4O. The summed E-state index contributed by atoms with van der Waals surface area (Å²) in [5.74, 6) is 0.0680. The molecule has 7 heteroatoms. The van der Waals surface area contributed by atoms with Crippen LogP contribution in [0.5, 0.6) is 0 Å². The number of carbonyl (C=O) groups is 1. The Kier molecular flexibility index (Phi) is 4.43. The van der Waals surface area contributed by atoms with Gasteiger partial charge < -0.3 is 15.1 Å². The number of nitrogens with one attached hydrogen (secondary N) is 1. The second-order valence-corrected chi connectivity index (χ2v) is 8.09. The van der Waals surface area contributed by atoms with Gasteiger partial charge >= 0.3 is 0 Å². The van der Waals surface area contributed by atoms with Gasteiger partial charge in [-0.3, -0.25) is 4.79 Å². The molecule has 25 heavy (non-hydrogen) atoms. The number of benzene rings is 1. The van der Waals surface area contributed by atoms with Gasteiger partial charge in [-0.2, -0.15) is 5.26 Å². The van der Waals surface area contributed by atoms with Gasteiger partial charge in [-0.1, -0.05) is 23.2 Å². The molecule has 4 rings (SSSR count). The Hall–Kier alpha value is -1.64. The SMILES string of the molecule is N#CN1[C@H]2CC[C@@H]1[C@H](NC(=O)[C@@H]1CCN(c3cc(Cl)cc(Cl)c3)C1)C2. The van der Waals surface area contributed by atoms with E-state index in [-0.39, 0.29) is 23.9 Å². The monoisotopic (exact) mass is 378 g/mol. The van der Waals surface area contributed by atoms with Crippen LogP contribution in [-0.2, 0) is 4.79 Å². The van der Waals surface area contributed by atoms with Gasteiger partial charge in [-0.25, -0.2) is 0 Å². The van der Waals surface area contributed by atoms with E-state index in [0.717, 1.165) is 37.9 Å². The molecule has 3 aliphatic rings. The average Bonchev–Trinajstić information content (AvgIpc) is 3.27. The molecular weight excluding hydrogens is 359 g/mol. The minimum absolute atomic E-state index is 0.0348. The van der Waals surface area contributed by atoms with E-state index in [4.69, 9.17) is 23.2 Å². The fourth-order valence-corrected chi connectivity index (χ4v) is 5.05. The van der Waals surface area contributed by atoms with Crippen molar-refractivity contribution in [1.82, 2.24) is 10.2 Å². The van der Waals surface area contributed by atoms with Crippen LogP contribution in [0.2, 0.25) is 10.0 Å². The van der Waals surface area contributed by atoms with Crippen LogP contribution < -0.4 is 10.2 Å². The van der Waals surface area contributed by atoms with Crippen molar-refractivity contribution in [2.75, 3.05) is 18.0 Å². The lowest BCUT2D eigenvalue weighted by atomic mass is 9.95. The predicted molar refractivity (Wildman–Crippen MR) is 97.6 cm³/mol. The molecule has 3 heterocycles. The highest BCUT2D eigenvalue weighted by molar-refractivity contribution is 6.35. The molecule has 1 amide bonds. The summed E-state index contributed by atoms with van der Waals surface area (Å²) in [5, 5.41) is 13.7. The fourth-order valence-electron chi connectivity index (χ4n) is 4.53. The van der Waals surface area contributed by atoms with Crippen LogP contribution in [0.25, 0.3) is 0 Å². The van der Waals surface area contributed by atoms with E-state index in [1.54, 1.807) is 6.07 Å². The third-order valence-electron chi connectivity index (χ3n) is 5.75. The molecule has 3 saturated heterocycles. The van der Waals surface area contributed by atoms with E-state index >= 15 is 0 Å². The molecule has 4 atom stereocenters. The molecule has 3 fully saturated rings. The minimum Gasteiger partial charge on any atom is -0.371 e. The minimum atomic E-state index is -0.0348. The number of fused-ring (bicyclic) bond motifs is 2. The molecule has 1 N–H and O–H groups in total. The fraction of sp³-hybridized carbons (Fsp3) is 0.556. The Morgan fingerprint density at radius 2 is 1.96 bits per heavy atom. The average molecular weight is 379 g/mol. The summed E-state index contributed by atoms with van der Waals surface area (Å²) in [6.45, 7) is 1.49. The number of nitrogens with zero attached hydrogens (tertiary/aromatic N) is 3. The van der Waals surface area contributed by atoms with E-state index in [0.29, 0.717) is 22.6 Å². The van der Waals surface area contributed by atoms with Crippen molar-refractivity contribution in [2.45, 2.75) is 43.8 Å². The Balaban J connectivity index is 1.37. The van der Waals surface area contributed by atoms with Gasteiger partial charge in [0.1, 0.15) is 0 Å². The summed E-state index contributed by atoms with van der Waals surface area (Å²) in [6.07, 6.45) is 6.07. The van der Waals surface area contributed by atoms with E-state index < -0.39 is 0 Å². The summed E-state index contributed by atoms with van der Waals surface area (Å²) in [6, 6.07) is 6.09. The zero-order valence-corrected chi connectivity index (χ0v) is 15.3. The lowest BCUT2D eigenvalue weighted by Gasteiger charge is -2.24. The van der Waals surface area contributed by atoms with Crippen LogP contribution >= 0.6 is 23.2 Å². The van der Waals surface area contributed by atoms with Crippen LogP contribution in [0.1, 0.15) is 25.7 Å². The second-order valence-electron chi connectivity index (χ2n) is 7.22. The molecule has 5 nitrogen and oxygen atoms in total. The van der Waals surface area contributed by atoms with Gasteiger partial charge in [0, 0.05) is 34.9 Å². The van der Waals surface area contributed by atoms with E-state index in [1.807, 2.05) is 17.0 Å². The van der Waals surface area contributed by atoms with Crippen molar-refractivity contribution in [3.63, 3.8) is 0 Å². The van der Waals surface area contributed by atoms with Gasteiger partial charge in [0.2, 0.25) is 5.91 Å². The Bertz CT molecular complexity index is 714. The maximum Gasteiger partial charge on any atom is 0.225 e. The zero-order valence-electron chi connectivity index (χ0n) is 13.8. The van der Waals surface area contributed by atoms with Crippen LogP contribution in [0.15, 0.2) is 18.2 Å². The molecule has 1 aromatic rings. The van der Waals surface area contributed by atoms with Gasteiger partial charge in [0.15, 0.2) is 6.19 Å². The highest BCUT2D eigenvalue weighted by atomic mass is 35.5. The van der Waals surface area contributed by atoms with Gasteiger partial charge in [0.25, 0.3) is 0 Å². The first-order chi connectivity index (χ1) is 12.0. The molecule has 2 bridgehead atoms. The van der Waals surface area contributed by atoms with Crippen molar-refractivity contribution in [1.29, 1.82) is 5.26 Å². The Morgan fingerprint density at radius 1 is 1.20 bits per heavy atom. The first-order valence-corrected chi connectivity index (χ1v) is 9.50. The molecule has 0 aliphatic carbocycles. The molecule has 3 aliphatic heterocycles. The molecule has 132 valence electrons. The van der Waals surface area contributed by atoms with Crippen molar-refractivity contribution < 1.29 is 4.79 Å². The predicted octanol–water partition coefficient (Wildman–Crippen LogP) is 3.02. The normalized spacial score (nSPS) is 30.6. The summed E-state index contributed by atoms with van der Waals surface area (Å²) in [5.41, 5.74) is 0.961. The zero-order chi connectivity index (χ0) is 17.6. The molecule has 0 spiro atoms. The summed E-state index contributed by atoms with van der Waals surface area (Å²) >= 11 is 12.2. The first-order valence-electron chi connectivity index (χ1n) is 8.74. The number of hydrogen-bond acceptors (Lipinski definition) is 4. The van der Waals surface area contributed by atoms with Gasteiger partial charge in [-0.05, 0) is 43.9 Å². The number of halogens is 2. The molecule has 0 saturated carbocycles. The van der Waals surface area contributed by atoms with Gasteiger partial charge in [0.05, 0.1) is 18.0 Å². The Labute approximate surface area is 157 Å². The van der Waals surface area contributed by atoms with Crippen LogP contribution in [0.3, 0.4) is 0 Å². The highest BCUT2D eigenvalue weighted by Gasteiger charge is 2.47. The van der Waals surface area contributed by atoms with Crippen molar-refractivity contribution in [3.8, 4) is 6.19 Å². The number of carbonyl (C=O) groups excluding carboxylic acids is 1. The lowest BCUT2D eigenvalue weighted by Crippen LogP contribution is -2.46. The number of rotatable bonds is 3. The number of anilines is 1. The van der Waals surface area contributed by atoms with E-state index in [9.17, 15) is 10.1 Å². The van der Waals surface area contributed by atoms with Crippen LogP contribution in [-0.4, -0.2) is 42.0 Å². The maximum absolute atomic E-state index is 12.7. The Morgan fingerprint density at radius 3 is 2.64 bits per heavy atom. The summed E-state index contributed by atoms with van der Waals surface area (Å²) in [7, 11) is 0. The summed E-state index contributed by atoms with van der Waals surface area (Å²) in [4.78, 5) is 16.7. The topological polar surface area (TPSA) is 59.4 Å². The molecule has 1 aromatic carbocycles. The van der Waals surface area contributed by atoms with Gasteiger partial charge in [-0.15, -0.1) is 0 Å². The van der Waals surface area contributed by atoms with Crippen LogP contribution in [0, 0.1) is 17.4 Å². The lowest BCUT2D eigenvalue weighted by molar-refractivity contribution is -0.125. The second kappa shape index (κ2) is 6.59. The van der Waals surface area contributed by atoms with E-state index in [1.165, 1.54) is 0 Å². The number of nitriles is 1. The van der Waals surface area contributed by atoms with E-state index in [2.05, 4.69) is 16.4 Å². The van der Waals surface area contributed by atoms with Crippen LogP contribution in [0.4, 0.5) is 5.69 Å². The quantitative estimate of drug-likeness (QED) is 0.821. The first kappa shape index (κ1) is 16.8. The number of amides is 1. The van der Waals surface area contributed by atoms with Crippen molar-refractivity contribution >= 4 is 34.8 Å². The molecule has 0 unspecified atom stereocenters. The third kappa shape index (κ3) is 3.14. The van der Waals surface area contributed by atoms with Crippen molar-refractivity contribution in [3.05, 3.63) is 28.2 Å². The number of hydrogen-bond donors (Lipinski definition) is 1. The van der Waals surface area contributed by atoms with Crippen molar-refractivity contribution in [2.24, 2.45) is 5.92 Å². The summed E-state index contributed by atoms with van der Waals surface area (Å²) < 4.78 is 0.